The number of amides is 2. The molecule has 0 radical (unpaired) electrons. The van der Waals surface area contributed by atoms with Crippen LogP contribution in [0.1, 0.15) is 46.4 Å². The lowest BCUT2D eigenvalue weighted by Gasteiger charge is -2.09. The normalized spacial score (nSPS) is 10.6. The molecule has 7 heteroatoms. The molecule has 0 fully saturated rings. The van der Waals surface area contributed by atoms with Crippen LogP contribution in [0.5, 0.6) is 5.75 Å². The average molecular weight is 380 g/mol. The first kappa shape index (κ1) is 19.4. The number of pyridine rings is 1. The molecule has 2 N–H and O–H groups in total. The molecular formula is C21H24N4O3. The first-order chi connectivity index (χ1) is 13.7. The number of carbonyl (C=O) groups excluding carboxylic acids is 2. The number of fused-ring (bicyclic) bond motifs is 1. The molecule has 0 saturated heterocycles. The molecule has 0 spiro atoms. The molecule has 7 nitrogen and oxygen atoms in total. The summed E-state index contributed by atoms with van der Waals surface area (Å²) in [7, 11) is 1.59. The maximum absolute atomic E-state index is 12.8. The molecule has 2 heterocycles. The molecule has 1 aromatic carbocycles. The van der Waals surface area contributed by atoms with Crippen LogP contribution >= 0.6 is 0 Å². The molecule has 3 aromatic rings. The average Bonchev–Trinajstić information content (AvgIpc) is 3.12. The molecule has 0 aliphatic heterocycles. The Bertz CT molecular complexity index is 981. The van der Waals surface area contributed by atoms with Crippen LogP contribution in [-0.4, -0.2) is 34.9 Å². The highest BCUT2D eigenvalue weighted by molar-refractivity contribution is 6.02. The number of carbonyl (C=O) groups is 2. The van der Waals surface area contributed by atoms with E-state index in [1.165, 1.54) is 0 Å². The Morgan fingerprint density at radius 3 is 2.64 bits per heavy atom. The topological polar surface area (TPSA) is 84.7 Å². The van der Waals surface area contributed by atoms with Crippen LogP contribution in [0.15, 0.2) is 48.7 Å². The van der Waals surface area contributed by atoms with Gasteiger partial charge in [-0.25, -0.2) is 4.98 Å². The van der Waals surface area contributed by atoms with Crippen molar-refractivity contribution in [2.75, 3.05) is 13.7 Å². The fraction of sp³-hybridized carbons (Fsp3) is 0.286. The van der Waals surface area contributed by atoms with Crippen molar-refractivity contribution < 1.29 is 14.3 Å². The van der Waals surface area contributed by atoms with Gasteiger partial charge in [0.2, 0.25) is 5.82 Å². The van der Waals surface area contributed by atoms with Crippen LogP contribution in [0.2, 0.25) is 0 Å². The summed E-state index contributed by atoms with van der Waals surface area (Å²) < 4.78 is 6.94. The Hall–Kier alpha value is -3.35. The number of nitrogens with one attached hydrogen (secondary N) is 2. The summed E-state index contributed by atoms with van der Waals surface area (Å²) in [6.07, 6.45) is 3.60. The van der Waals surface area contributed by atoms with Gasteiger partial charge in [-0.2, -0.15) is 0 Å². The van der Waals surface area contributed by atoms with E-state index in [0.717, 1.165) is 18.4 Å². The number of hydrogen-bond acceptors (Lipinski definition) is 4. The second-order valence-electron chi connectivity index (χ2n) is 6.34. The molecule has 0 saturated carbocycles. The third-order valence-corrected chi connectivity index (χ3v) is 4.41. The molecule has 0 atom stereocenters. The zero-order chi connectivity index (χ0) is 19.9. The SMILES string of the molecule is CCCCNC(=O)c1nc(C(=O)NCc2ccccc2OC)n2ccccc12. The molecule has 0 bridgehead atoms. The van der Waals surface area contributed by atoms with Gasteiger partial charge in [-0.1, -0.05) is 37.6 Å². The van der Waals surface area contributed by atoms with Gasteiger partial charge < -0.3 is 15.4 Å². The second-order valence-corrected chi connectivity index (χ2v) is 6.34. The Kier molecular flexibility index (Phi) is 6.26. The summed E-state index contributed by atoms with van der Waals surface area (Å²) in [6, 6.07) is 12.9. The van der Waals surface area contributed by atoms with Crippen molar-refractivity contribution in [1.82, 2.24) is 20.0 Å². The number of benzene rings is 1. The summed E-state index contributed by atoms with van der Waals surface area (Å²) >= 11 is 0. The van der Waals surface area contributed by atoms with Crippen LogP contribution in [0.25, 0.3) is 5.52 Å². The first-order valence-electron chi connectivity index (χ1n) is 9.31. The highest BCUT2D eigenvalue weighted by Gasteiger charge is 2.21. The van der Waals surface area contributed by atoms with Crippen molar-refractivity contribution in [2.24, 2.45) is 0 Å². The third-order valence-electron chi connectivity index (χ3n) is 4.41. The van der Waals surface area contributed by atoms with Gasteiger partial charge in [0.05, 0.1) is 12.6 Å². The van der Waals surface area contributed by atoms with Crippen molar-refractivity contribution in [3.05, 3.63) is 65.7 Å². The summed E-state index contributed by atoms with van der Waals surface area (Å²) in [6.45, 7) is 2.93. The Morgan fingerprint density at radius 1 is 1.07 bits per heavy atom. The van der Waals surface area contributed by atoms with Crippen molar-refractivity contribution in [3.63, 3.8) is 0 Å². The summed E-state index contributed by atoms with van der Waals surface area (Å²) in [5.74, 6) is 0.235. The fourth-order valence-electron chi connectivity index (χ4n) is 2.93. The lowest BCUT2D eigenvalue weighted by atomic mass is 10.2. The number of hydrogen-bond donors (Lipinski definition) is 2. The number of rotatable bonds is 8. The summed E-state index contributed by atoms with van der Waals surface area (Å²) in [5, 5.41) is 5.71. The van der Waals surface area contributed by atoms with Gasteiger partial charge >= 0.3 is 0 Å². The fourth-order valence-corrected chi connectivity index (χ4v) is 2.93. The number of ether oxygens (including phenoxy) is 1. The predicted molar refractivity (Wildman–Crippen MR) is 107 cm³/mol. The maximum atomic E-state index is 12.8. The van der Waals surface area contributed by atoms with Crippen molar-refractivity contribution in [3.8, 4) is 5.75 Å². The van der Waals surface area contributed by atoms with Crippen molar-refractivity contribution in [1.29, 1.82) is 0 Å². The van der Waals surface area contributed by atoms with Gasteiger partial charge in [0.1, 0.15) is 5.75 Å². The lowest BCUT2D eigenvalue weighted by Crippen LogP contribution is -2.26. The smallest absolute Gasteiger partial charge is 0.287 e. The molecule has 2 aromatic heterocycles. The number of unbranched alkanes of at least 4 members (excludes halogenated alkanes) is 1. The van der Waals surface area contributed by atoms with Gasteiger partial charge in [0.25, 0.3) is 11.8 Å². The van der Waals surface area contributed by atoms with E-state index in [1.807, 2.05) is 30.3 Å². The van der Waals surface area contributed by atoms with E-state index in [1.54, 1.807) is 29.8 Å². The van der Waals surface area contributed by atoms with Crippen molar-refractivity contribution in [2.45, 2.75) is 26.3 Å². The number of para-hydroxylation sites is 1. The minimum absolute atomic E-state index is 0.172. The molecule has 0 unspecified atom stereocenters. The Labute approximate surface area is 163 Å². The van der Waals surface area contributed by atoms with Crippen molar-refractivity contribution >= 4 is 17.3 Å². The number of nitrogens with zero attached hydrogens (tertiary/aromatic N) is 2. The molecule has 3 rings (SSSR count). The molecule has 2 amide bonds. The summed E-state index contributed by atoms with van der Waals surface area (Å²) in [5.41, 5.74) is 1.70. The van der Waals surface area contributed by atoms with Crippen LogP contribution in [0, 0.1) is 0 Å². The minimum atomic E-state index is -0.361. The lowest BCUT2D eigenvalue weighted by molar-refractivity contribution is 0.0939. The van der Waals surface area contributed by atoms with E-state index >= 15 is 0 Å². The molecular weight excluding hydrogens is 356 g/mol. The van der Waals surface area contributed by atoms with Gasteiger partial charge in [0, 0.05) is 24.8 Å². The first-order valence-corrected chi connectivity index (χ1v) is 9.31. The number of imidazole rings is 1. The van der Waals surface area contributed by atoms with E-state index in [2.05, 4.69) is 22.5 Å². The highest BCUT2D eigenvalue weighted by Crippen LogP contribution is 2.17. The molecule has 0 aliphatic carbocycles. The van der Waals surface area contributed by atoms with Gasteiger partial charge in [-0.3, -0.25) is 14.0 Å². The largest absolute Gasteiger partial charge is 0.496 e. The quantitative estimate of drug-likeness (QED) is 0.589. The monoisotopic (exact) mass is 380 g/mol. The Morgan fingerprint density at radius 2 is 1.86 bits per heavy atom. The number of aromatic nitrogens is 2. The van der Waals surface area contributed by atoms with E-state index in [0.29, 0.717) is 24.4 Å². The standard InChI is InChI=1S/C21H24N4O3/c1-3-4-12-22-20(26)18-16-10-7-8-13-25(16)19(24-18)21(27)23-14-15-9-5-6-11-17(15)28-2/h5-11,13H,3-4,12,14H2,1-2H3,(H,22,26)(H,23,27). The van der Waals surface area contributed by atoms with Crippen LogP contribution in [-0.2, 0) is 6.54 Å². The predicted octanol–water partition coefficient (Wildman–Crippen LogP) is 2.80. The van der Waals surface area contributed by atoms with Gasteiger partial charge in [0.15, 0.2) is 5.69 Å². The van der Waals surface area contributed by atoms with E-state index in [4.69, 9.17) is 4.74 Å². The molecule has 28 heavy (non-hydrogen) atoms. The van der Waals surface area contributed by atoms with E-state index < -0.39 is 0 Å². The van der Waals surface area contributed by atoms with E-state index in [9.17, 15) is 9.59 Å². The number of methoxy groups -OCH3 is 1. The highest BCUT2D eigenvalue weighted by atomic mass is 16.5. The Balaban J connectivity index is 1.82. The second kappa shape index (κ2) is 9.03. The zero-order valence-corrected chi connectivity index (χ0v) is 16.1. The van der Waals surface area contributed by atoms with Crippen LogP contribution in [0.3, 0.4) is 0 Å². The zero-order valence-electron chi connectivity index (χ0n) is 16.1. The van der Waals surface area contributed by atoms with Crippen LogP contribution in [0.4, 0.5) is 0 Å². The van der Waals surface area contributed by atoms with E-state index in [-0.39, 0.29) is 23.3 Å². The molecule has 146 valence electrons. The third kappa shape index (κ3) is 4.14. The molecule has 0 aliphatic rings. The van der Waals surface area contributed by atoms with Crippen LogP contribution < -0.4 is 15.4 Å². The van der Waals surface area contributed by atoms with Gasteiger partial charge in [-0.05, 0) is 24.6 Å². The summed E-state index contributed by atoms with van der Waals surface area (Å²) in [4.78, 5) is 29.6. The van der Waals surface area contributed by atoms with Gasteiger partial charge in [-0.15, -0.1) is 0 Å². The minimum Gasteiger partial charge on any atom is -0.496 e. The maximum Gasteiger partial charge on any atom is 0.287 e.